The van der Waals surface area contributed by atoms with E-state index in [1.54, 1.807) is 18.2 Å². The number of aliphatic imine (C=N–C) groups is 1. The van der Waals surface area contributed by atoms with Crippen molar-refractivity contribution in [3.05, 3.63) is 57.5 Å². The van der Waals surface area contributed by atoms with E-state index in [0.29, 0.717) is 11.3 Å². The van der Waals surface area contributed by atoms with Crippen LogP contribution in [0, 0.1) is 11.7 Å². The molecule has 0 fully saturated rings. The highest BCUT2D eigenvalue weighted by molar-refractivity contribution is 7.14. The third-order valence-electron chi connectivity index (χ3n) is 5.62. The molecule has 1 aliphatic heterocycles. The molecule has 160 valence electrons. The lowest BCUT2D eigenvalue weighted by Crippen LogP contribution is -2.51. The highest BCUT2D eigenvalue weighted by Crippen LogP contribution is 2.31. The number of thiophene rings is 1. The molecule has 30 heavy (non-hydrogen) atoms. The molecule has 1 aliphatic rings. The first-order valence-corrected chi connectivity index (χ1v) is 10.7. The first kappa shape index (κ1) is 22.0. The van der Waals surface area contributed by atoms with Gasteiger partial charge in [0.25, 0.3) is 5.91 Å². The van der Waals surface area contributed by atoms with Crippen molar-refractivity contribution in [3.8, 4) is 0 Å². The Hall–Kier alpha value is -2.74. The van der Waals surface area contributed by atoms with E-state index in [-0.39, 0.29) is 42.1 Å². The molecule has 6 nitrogen and oxygen atoms in total. The van der Waals surface area contributed by atoms with Crippen LogP contribution in [0.2, 0.25) is 0 Å². The Morgan fingerprint density at radius 2 is 1.93 bits per heavy atom. The summed E-state index contributed by atoms with van der Waals surface area (Å²) in [5.41, 5.74) is 6.42. The van der Waals surface area contributed by atoms with Gasteiger partial charge in [0.2, 0.25) is 5.91 Å². The summed E-state index contributed by atoms with van der Waals surface area (Å²) >= 11 is 1.31. The van der Waals surface area contributed by atoms with Crippen molar-refractivity contribution in [2.75, 3.05) is 0 Å². The zero-order valence-electron chi connectivity index (χ0n) is 17.6. The molecule has 0 saturated heterocycles. The molecule has 0 bridgehead atoms. The van der Waals surface area contributed by atoms with Crippen LogP contribution in [-0.4, -0.2) is 28.2 Å². The highest BCUT2D eigenvalue weighted by atomic mass is 32.1. The van der Waals surface area contributed by atoms with Gasteiger partial charge in [-0.2, -0.15) is 0 Å². The van der Waals surface area contributed by atoms with Crippen LogP contribution in [0.1, 0.15) is 60.3 Å². The summed E-state index contributed by atoms with van der Waals surface area (Å²) in [6.07, 6.45) is 0.305. The minimum Gasteiger partial charge on any atom is -0.369 e. The Bertz CT molecular complexity index is 970. The average Bonchev–Trinajstić information content (AvgIpc) is 3.14. The van der Waals surface area contributed by atoms with Crippen molar-refractivity contribution < 1.29 is 14.0 Å². The fourth-order valence-electron chi connectivity index (χ4n) is 3.24. The second-order valence-corrected chi connectivity index (χ2v) is 9.32. The van der Waals surface area contributed by atoms with Crippen LogP contribution in [0.15, 0.2) is 41.4 Å². The third-order valence-corrected chi connectivity index (χ3v) is 6.69. The molecular formula is C22H27FN4O2S. The van der Waals surface area contributed by atoms with Gasteiger partial charge in [-0.25, -0.2) is 9.38 Å². The predicted octanol–water partition coefficient (Wildman–Crippen LogP) is 3.84. The van der Waals surface area contributed by atoms with Gasteiger partial charge in [-0.1, -0.05) is 26.0 Å². The van der Waals surface area contributed by atoms with Crippen LogP contribution in [-0.2, 0) is 11.3 Å². The number of amides is 2. The molecule has 1 aromatic heterocycles. The lowest BCUT2D eigenvalue weighted by molar-refractivity contribution is -0.130. The van der Waals surface area contributed by atoms with E-state index in [1.807, 2.05) is 33.8 Å². The Balaban J connectivity index is 1.67. The summed E-state index contributed by atoms with van der Waals surface area (Å²) in [5.74, 6) is -0.192. The van der Waals surface area contributed by atoms with Crippen molar-refractivity contribution in [1.29, 1.82) is 0 Å². The van der Waals surface area contributed by atoms with Gasteiger partial charge in [-0.15, -0.1) is 11.3 Å². The Labute approximate surface area is 180 Å². The summed E-state index contributed by atoms with van der Waals surface area (Å²) in [5, 5.41) is 2.91. The fraction of sp³-hybridized carbons (Fsp3) is 0.409. The lowest BCUT2D eigenvalue weighted by atomic mass is 9.84. The van der Waals surface area contributed by atoms with Crippen LogP contribution in [0.4, 0.5) is 4.39 Å². The molecule has 3 N–H and O–H groups in total. The monoisotopic (exact) mass is 430 g/mol. The van der Waals surface area contributed by atoms with Crippen LogP contribution < -0.4 is 11.1 Å². The Morgan fingerprint density at radius 3 is 2.53 bits per heavy atom. The first-order valence-electron chi connectivity index (χ1n) is 9.90. The zero-order valence-corrected chi connectivity index (χ0v) is 18.4. The minimum absolute atomic E-state index is 0.0666. The van der Waals surface area contributed by atoms with E-state index in [0.717, 1.165) is 10.4 Å². The second kappa shape index (κ2) is 8.55. The number of carbonyl (C=O) groups is 2. The Kier molecular flexibility index (Phi) is 6.26. The number of rotatable bonds is 6. The maximum atomic E-state index is 13.1. The van der Waals surface area contributed by atoms with E-state index < -0.39 is 5.54 Å². The molecule has 0 saturated carbocycles. The number of nitrogens with one attached hydrogen (secondary N) is 1. The van der Waals surface area contributed by atoms with Gasteiger partial charge in [0.15, 0.2) is 5.96 Å². The van der Waals surface area contributed by atoms with Crippen molar-refractivity contribution in [1.82, 2.24) is 10.2 Å². The van der Waals surface area contributed by atoms with Gasteiger partial charge in [-0.3, -0.25) is 14.5 Å². The van der Waals surface area contributed by atoms with Crippen LogP contribution in [0.3, 0.4) is 0 Å². The van der Waals surface area contributed by atoms with Crippen molar-refractivity contribution in [2.24, 2.45) is 16.6 Å². The number of nitrogens with two attached hydrogens (primary N) is 1. The van der Waals surface area contributed by atoms with E-state index >= 15 is 0 Å². The average molecular weight is 431 g/mol. The predicted molar refractivity (Wildman–Crippen MR) is 117 cm³/mol. The van der Waals surface area contributed by atoms with E-state index in [2.05, 4.69) is 10.3 Å². The summed E-state index contributed by atoms with van der Waals surface area (Å²) in [6.45, 7) is 8.12. The summed E-state index contributed by atoms with van der Waals surface area (Å²) < 4.78 is 13.1. The fourth-order valence-corrected chi connectivity index (χ4v) is 4.14. The summed E-state index contributed by atoms with van der Waals surface area (Å²) in [4.78, 5) is 32.7. The van der Waals surface area contributed by atoms with Gasteiger partial charge >= 0.3 is 0 Å². The molecule has 0 spiro atoms. The molecule has 2 heterocycles. The smallest absolute Gasteiger partial charge is 0.261 e. The molecule has 3 rings (SSSR count). The van der Waals surface area contributed by atoms with Crippen molar-refractivity contribution >= 4 is 29.1 Å². The van der Waals surface area contributed by atoms with Gasteiger partial charge in [0.05, 0.1) is 29.4 Å². The topological polar surface area (TPSA) is 87.8 Å². The standard InChI is InChI=1S/C22H27FN4O2S/c1-13(2)22(4)11-19(28)27(21(24)26-22)12-17-9-10-18(30-17)20(29)25-14(3)15-5-7-16(23)8-6-15/h5-10,13-14H,11-12H2,1-4H3,(H2,24,26)(H,25,29). The molecule has 0 aliphatic carbocycles. The van der Waals surface area contributed by atoms with Gasteiger partial charge < -0.3 is 11.1 Å². The van der Waals surface area contributed by atoms with Gasteiger partial charge in [0, 0.05) is 4.88 Å². The molecule has 2 atom stereocenters. The molecule has 2 aromatic rings. The van der Waals surface area contributed by atoms with Crippen molar-refractivity contribution in [3.63, 3.8) is 0 Å². The number of nitrogens with zero attached hydrogens (tertiary/aromatic N) is 2. The highest BCUT2D eigenvalue weighted by Gasteiger charge is 2.38. The molecule has 8 heteroatoms. The van der Waals surface area contributed by atoms with Crippen LogP contribution in [0.5, 0.6) is 0 Å². The third kappa shape index (κ3) is 4.70. The number of hydrogen-bond acceptors (Lipinski definition) is 5. The normalized spacial score (nSPS) is 20.3. The lowest BCUT2D eigenvalue weighted by Gasteiger charge is -2.37. The van der Waals surface area contributed by atoms with Gasteiger partial charge in [-0.05, 0) is 49.6 Å². The van der Waals surface area contributed by atoms with E-state index in [4.69, 9.17) is 5.73 Å². The quantitative estimate of drug-likeness (QED) is 0.730. The first-order chi connectivity index (χ1) is 14.1. The maximum absolute atomic E-state index is 13.1. The van der Waals surface area contributed by atoms with Crippen LogP contribution in [0.25, 0.3) is 0 Å². The van der Waals surface area contributed by atoms with E-state index in [9.17, 15) is 14.0 Å². The molecule has 2 amide bonds. The molecule has 1 aromatic carbocycles. The van der Waals surface area contributed by atoms with Crippen molar-refractivity contribution in [2.45, 2.75) is 52.2 Å². The number of benzene rings is 1. The zero-order chi connectivity index (χ0) is 22.1. The molecule has 0 radical (unpaired) electrons. The SMILES string of the molecule is CC(NC(=O)c1ccc(CN2C(=O)CC(C)(C(C)C)N=C2N)s1)c1ccc(F)cc1. The number of carbonyl (C=O) groups excluding carboxylic acids is 2. The van der Waals surface area contributed by atoms with Crippen LogP contribution >= 0.6 is 11.3 Å². The summed E-state index contributed by atoms with van der Waals surface area (Å²) in [7, 11) is 0. The largest absolute Gasteiger partial charge is 0.369 e. The molecule has 2 unspecified atom stereocenters. The summed E-state index contributed by atoms with van der Waals surface area (Å²) in [6, 6.07) is 9.32. The number of halogens is 1. The Morgan fingerprint density at radius 1 is 1.27 bits per heavy atom. The number of guanidine groups is 1. The van der Waals surface area contributed by atoms with E-state index in [1.165, 1.54) is 28.4 Å². The molecular weight excluding hydrogens is 403 g/mol. The van der Waals surface area contributed by atoms with Gasteiger partial charge in [0.1, 0.15) is 5.82 Å². The number of hydrogen-bond donors (Lipinski definition) is 2. The second-order valence-electron chi connectivity index (χ2n) is 8.15. The minimum atomic E-state index is -0.491. The maximum Gasteiger partial charge on any atom is 0.261 e.